The molecule has 1 N–H and O–H groups in total. The van der Waals surface area contributed by atoms with E-state index in [0.717, 1.165) is 5.56 Å². The molecule has 0 unspecified atom stereocenters. The van der Waals surface area contributed by atoms with Crippen molar-refractivity contribution in [3.05, 3.63) is 60.2 Å². The van der Waals surface area contributed by atoms with Crippen LogP contribution in [0.3, 0.4) is 0 Å². The Bertz CT molecular complexity index is 639. The minimum atomic E-state index is -3.52. The monoisotopic (exact) mass is 277 g/mol. The lowest BCUT2D eigenvalue weighted by molar-refractivity contribution is 0.413. The summed E-state index contributed by atoms with van der Waals surface area (Å²) >= 11 is 0. The molecule has 0 aliphatic carbocycles. The molecule has 0 atom stereocenters. The fourth-order valence-corrected chi connectivity index (χ4v) is 2.68. The fourth-order valence-electron chi connectivity index (χ4n) is 1.63. The molecule has 0 aromatic heterocycles. The fraction of sp³-hybridized carbons (Fsp3) is 0.143. The van der Waals surface area contributed by atoms with Gasteiger partial charge in [0.25, 0.3) is 0 Å². The number of ether oxygens (including phenoxy) is 1. The number of rotatable bonds is 5. The highest BCUT2D eigenvalue weighted by atomic mass is 32.2. The molecular formula is C14H15NO3S. The summed E-state index contributed by atoms with van der Waals surface area (Å²) in [5.41, 5.74) is 0.911. The highest BCUT2D eigenvalue weighted by Crippen LogP contribution is 2.17. The topological polar surface area (TPSA) is 55.4 Å². The Morgan fingerprint density at radius 3 is 2.47 bits per heavy atom. The zero-order valence-electron chi connectivity index (χ0n) is 10.5. The lowest BCUT2D eigenvalue weighted by atomic mass is 10.2. The Balaban J connectivity index is 2.14. The van der Waals surface area contributed by atoms with E-state index in [1.165, 1.54) is 19.2 Å². The van der Waals surface area contributed by atoms with Gasteiger partial charge in [-0.3, -0.25) is 0 Å². The molecule has 0 saturated carbocycles. The standard InChI is InChI=1S/C14H15NO3S/c1-18-13-8-5-9-14(10-13)19(16,17)15-11-12-6-3-2-4-7-12/h2-10,15H,11H2,1H3. The zero-order valence-corrected chi connectivity index (χ0v) is 11.4. The van der Waals surface area contributed by atoms with E-state index in [1.54, 1.807) is 12.1 Å². The minimum absolute atomic E-state index is 0.197. The van der Waals surface area contributed by atoms with Crippen LogP contribution < -0.4 is 9.46 Å². The Kier molecular flexibility index (Phi) is 4.19. The van der Waals surface area contributed by atoms with E-state index in [1.807, 2.05) is 30.3 Å². The summed E-state index contributed by atoms with van der Waals surface area (Å²) in [7, 11) is -2.02. The molecule has 0 fully saturated rings. The van der Waals surface area contributed by atoms with Crippen LogP contribution in [0.15, 0.2) is 59.5 Å². The van der Waals surface area contributed by atoms with Crippen LogP contribution in [-0.4, -0.2) is 15.5 Å². The molecule has 2 rings (SSSR count). The van der Waals surface area contributed by atoms with Crippen molar-refractivity contribution in [2.24, 2.45) is 0 Å². The van der Waals surface area contributed by atoms with Crippen LogP contribution in [0, 0.1) is 0 Å². The summed E-state index contributed by atoms with van der Waals surface area (Å²) in [6.07, 6.45) is 0. The van der Waals surface area contributed by atoms with Crippen molar-refractivity contribution in [3.8, 4) is 5.75 Å². The molecule has 0 bridgehead atoms. The lowest BCUT2D eigenvalue weighted by Crippen LogP contribution is -2.23. The summed E-state index contributed by atoms with van der Waals surface area (Å²) < 4.78 is 31.8. The van der Waals surface area contributed by atoms with E-state index >= 15 is 0 Å². The first-order valence-electron chi connectivity index (χ1n) is 5.79. The summed E-state index contributed by atoms with van der Waals surface area (Å²) in [4.78, 5) is 0.197. The van der Waals surface area contributed by atoms with Gasteiger partial charge in [-0.2, -0.15) is 0 Å². The first-order valence-corrected chi connectivity index (χ1v) is 7.28. The molecule has 2 aromatic carbocycles. The molecule has 0 aliphatic rings. The SMILES string of the molecule is COc1cccc(S(=O)(=O)NCc2ccccc2)c1. The van der Waals surface area contributed by atoms with E-state index in [0.29, 0.717) is 5.75 Å². The molecule has 19 heavy (non-hydrogen) atoms. The zero-order chi connectivity index (χ0) is 13.7. The number of hydrogen-bond donors (Lipinski definition) is 1. The van der Waals surface area contributed by atoms with Gasteiger partial charge in [0.1, 0.15) is 5.75 Å². The molecule has 0 amide bonds. The predicted octanol–water partition coefficient (Wildman–Crippen LogP) is 2.17. The Morgan fingerprint density at radius 1 is 1.05 bits per heavy atom. The maximum Gasteiger partial charge on any atom is 0.241 e. The van der Waals surface area contributed by atoms with Gasteiger partial charge in [0.15, 0.2) is 0 Å². The van der Waals surface area contributed by atoms with Crippen LogP contribution in [0.2, 0.25) is 0 Å². The van der Waals surface area contributed by atoms with Gasteiger partial charge in [0, 0.05) is 12.6 Å². The molecule has 100 valence electrons. The average Bonchev–Trinajstić information content (AvgIpc) is 2.46. The maximum atomic E-state index is 12.1. The van der Waals surface area contributed by atoms with Crippen molar-refractivity contribution >= 4 is 10.0 Å². The number of hydrogen-bond acceptors (Lipinski definition) is 3. The van der Waals surface area contributed by atoms with Gasteiger partial charge in [0.05, 0.1) is 12.0 Å². The average molecular weight is 277 g/mol. The van der Waals surface area contributed by atoms with Gasteiger partial charge in [-0.25, -0.2) is 13.1 Å². The molecule has 2 aromatic rings. The minimum Gasteiger partial charge on any atom is -0.497 e. The van der Waals surface area contributed by atoms with Crippen LogP contribution in [0.1, 0.15) is 5.56 Å². The highest BCUT2D eigenvalue weighted by molar-refractivity contribution is 7.89. The summed E-state index contributed by atoms with van der Waals surface area (Å²) in [5.74, 6) is 0.516. The van der Waals surface area contributed by atoms with Crippen LogP contribution >= 0.6 is 0 Å². The smallest absolute Gasteiger partial charge is 0.241 e. The normalized spacial score (nSPS) is 11.2. The van der Waals surface area contributed by atoms with Gasteiger partial charge in [-0.1, -0.05) is 36.4 Å². The molecule has 0 saturated heterocycles. The Hall–Kier alpha value is -1.85. The molecular weight excluding hydrogens is 262 g/mol. The van der Waals surface area contributed by atoms with Gasteiger partial charge in [-0.05, 0) is 17.7 Å². The van der Waals surface area contributed by atoms with E-state index in [-0.39, 0.29) is 11.4 Å². The molecule has 4 nitrogen and oxygen atoms in total. The molecule has 0 aliphatic heterocycles. The van der Waals surface area contributed by atoms with Crippen LogP contribution in [0.4, 0.5) is 0 Å². The van der Waals surface area contributed by atoms with Crippen molar-refractivity contribution in [1.82, 2.24) is 4.72 Å². The Labute approximate surface area is 113 Å². The summed E-state index contributed by atoms with van der Waals surface area (Å²) in [5, 5.41) is 0. The summed E-state index contributed by atoms with van der Waals surface area (Å²) in [6.45, 7) is 0.264. The number of benzene rings is 2. The number of methoxy groups -OCH3 is 1. The second-order valence-corrected chi connectivity index (χ2v) is 5.76. The van der Waals surface area contributed by atoms with Gasteiger partial charge < -0.3 is 4.74 Å². The second-order valence-electron chi connectivity index (χ2n) is 3.99. The summed E-state index contributed by atoms with van der Waals surface area (Å²) in [6, 6.07) is 15.8. The third-order valence-electron chi connectivity index (χ3n) is 2.66. The number of sulfonamides is 1. The highest BCUT2D eigenvalue weighted by Gasteiger charge is 2.14. The largest absolute Gasteiger partial charge is 0.497 e. The van der Waals surface area contributed by atoms with Gasteiger partial charge in [-0.15, -0.1) is 0 Å². The van der Waals surface area contributed by atoms with Crippen molar-refractivity contribution in [2.75, 3.05) is 7.11 Å². The quantitative estimate of drug-likeness (QED) is 0.911. The van der Waals surface area contributed by atoms with Crippen LogP contribution in [0.25, 0.3) is 0 Å². The van der Waals surface area contributed by atoms with Crippen molar-refractivity contribution in [2.45, 2.75) is 11.4 Å². The molecule has 5 heteroatoms. The Morgan fingerprint density at radius 2 is 1.79 bits per heavy atom. The van der Waals surface area contributed by atoms with Gasteiger partial charge in [0.2, 0.25) is 10.0 Å². The van der Waals surface area contributed by atoms with Crippen LogP contribution in [0.5, 0.6) is 5.75 Å². The predicted molar refractivity (Wildman–Crippen MR) is 73.5 cm³/mol. The van der Waals surface area contributed by atoms with Crippen LogP contribution in [-0.2, 0) is 16.6 Å². The third-order valence-corrected chi connectivity index (χ3v) is 4.06. The van der Waals surface area contributed by atoms with Crippen molar-refractivity contribution < 1.29 is 13.2 Å². The van der Waals surface area contributed by atoms with E-state index in [2.05, 4.69) is 4.72 Å². The van der Waals surface area contributed by atoms with Crippen molar-refractivity contribution in [1.29, 1.82) is 0 Å². The first-order chi connectivity index (χ1) is 9.12. The van der Waals surface area contributed by atoms with E-state index in [9.17, 15) is 8.42 Å². The van der Waals surface area contributed by atoms with E-state index < -0.39 is 10.0 Å². The second kappa shape index (κ2) is 5.86. The lowest BCUT2D eigenvalue weighted by Gasteiger charge is -2.08. The molecule has 0 spiro atoms. The first kappa shape index (κ1) is 13.6. The molecule has 0 radical (unpaired) electrons. The van der Waals surface area contributed by atoms with E-state index in [4.69, 9.17) is 4.74 Å². The third kappa shape index (κ3) is 3.56. The van der Waals surface area contributed by atoms with Gasteiger partial charge >= 0.3 is 0 Å². The van der Waals surface area contributed by atoms with Crippen molar-refractivity contribution in [3.63, 3.8) is 0 Å². The maximum absolute atomic E-state index is 12.1. The number of nitrogens with one attached hydrogen (secondary N) is 1. The molecule has 0 heterocycles.